The lowest BCUT2D eigenvalue weighted by atomic mass is 9.70. The van der Waals surface area contributed by atoms with Gasteiger partial charge in [0.1, 0.15) is 11.6 Å². The summed E-state index contributed by atoms with van der Waals surface area (Å²) in [5.74, 6) is -0.781. The van der Waals surface area contributed by atoms with Crippen molar-refractivity contribution in [2.24, 2.45) is 0 Å². The molecule has 0 unspecified atom stereocenters. The highest BCUT2D eigenvalue weighted by atomic mass is 35.5. The number of piperidine rings is 2. The number of aromatic nitrogens is 2. The standard InChI is InChI=1S/C35H36ClF2N5O3/c1-22-39-31-7-2-3-8-32(31)42(22)27-18-25-9-10-26(19-27)41(25)16-13-35(23-5-4-6-24(37)17-23)11-14-40(15-12-35)34(44)28-20-33(43(45)46)30(38)21-29(28)36/h2-8,17,20-21,25-27H,9-16,18-19H2,1H3/t25-,26+,27+. The van der Waals surface area contributed by atoms with Gasteiger partial charge in [0.25, 0.3) is 5.91 Å². The third-order valence-electron chi connectivity index (χ3n) is 10.8. The van der Waals surface area contributed by atoms with Crippen molar-refractivity contribution in [2.45, 2.75) is 75.4 Å². The second kappa shape index (κ2) is 12.0. The van der Waals surface area contributed by atoms with Crippen molar-refractivity contribution in [3.05, 3.63) is 104 Å². The second-order valence-electron chi connectivity index (χ2n) is 13.1. The van der Waals surface area contributed by atoms with Crippen LogP contribution in [0.4, 0.5) is 14.5 Å². The van der Waals surface area contributed by atoms with Crippen LogP contribution in [0.15, 0.2) is 60.7 Å². The van der Waals surface area contributed by atoms with Gasteiger partial charge in [-0.2, -0.15) is 4.39 Å². The number of fused-ring (bicyclic) bond motifs is 3. The first-order chi connectivity index (χ1) is 22.1. The molecule has 46 heavy (non-hydrogen) atoms. The number of rotatable bonds is 7. The average Bonchev–Trinajstić information content (AvgIpc) is 3.50. The normalized spacial score (nSPS) is 22.8. The van der Waals surface area contributed by atoms with Crippen molar-refractivity contribution in [1.29, 1.82) is 0 Å². The Morgan fingerprint density at radius 2 is 1.74 bits per heavy atom. The Hall–Kier alpha value is -3.89. The Labute approximate surface area is 271 Å². The van der Waals surface area contributed by atoms with Crippen LogP contribution in [0.5, 0.6) is 0 Å². The van der Waals surface area contributed by atoms with Crippen LogP contribution < -0.4 is 0 Å². The van der Waals surface area contributed by atoms with E-state index in [-0.39, 0.29) is 21.8 Å². The number of halogens is 3. The number of para-hydroxylation sites is 2. The lowest BCUT2D eigenvalue weighted by Gasteiger charge is -2.45. The van der Waals surface area contributed by atoms with Crippen LogP contribution >= 0.6 is 11.6 Å². The van der Waals surface area contributed by atoms with Crippen molar-refractivity contribution in [2.75, 3.05) is 19.6 Å². The average molecular weight is 648 g/mol. The molecule has 0 N–H and O–H groups in total. The Kier molecular flexibility index (Phi) is 8.05. The highest BCUT2D eigenvalue weighted by Gasteiger charge is 2.44. The number of carbonyl (C=O) groups is 1. The minimum absolute atomic E-state index is 0.0895. The summed E-state index contributed by atoms with van der Waals surface area (Å²) in [5.41, 5.74) is 1.95. The van der Waals surface area contributed by atoms with E-state index >= 15 is 0 Å². The molecular weight excluding hydrogens is 612 g/mol. The lowest BCUT2D eigenvalue weighted by molar-refractivity contribution is -0.387. The van der Waals surface area contributed by atoms with Crippen LogP contribution in [-0.4, -0.2) is 61.9 Å². The third-order valence-corrected chi connectivity index (χ3v) is 11.1. The van der Waals surface area contributed by atoms with Crippen LogP contribution in [-0.2, 0) is 5.41 Å². The zero-order valence-corrected chi connectivity index (χ0v) is 26.4. The molecule has 3 atom stereocenters. The van der Waals surface area contributed by atoms with E-state index in [4.69, 9.17) is 16.6 Å². The van der Waals surface area contributed by atoms with E-state index in [2.05, 4.69) is 34.6 Å². The molecule has 0 spiro atoms. The number of nitro groups is 1. The first-order valence-electron chi connectivity index (χ1n) is 16.0. The van der Waals surface area contributed by atoms with Gasteiger partial charge in [-0.05, 0) is 93.7 Å². The molecule has 240 valence electrons. The topological polar surface area (TPSA) is 84.5 Å². The van der Waals surface area contributed by atoms with Crippen molar-refractivity contribution in [3.63, 3.8) is 0 Å². The second-order valence-corrected chi connectivity index (χ2v) is 13.5. The van der Waals surface area contributed by atoms with Gasteiger partial charge in [-0.1, -0.05) is 35.9 Å². The summed E-state index contributed by atoms with van der Waals surface area (Å²) >= 11 is 6.18. The van der Waals surface area contributed by atoms with E-state index in [9.17, 15) is 23.7 Å². The maximum absolute atomic E-state index is 14.6. The molecule has 4 aromatic rings. The van der Waals surface area contributed by atoms with Gasteiger partial charge in [-0.15, -0.1) is 0 Å². The molecule has 2 bridgehead atoms. The van der Waals surface area contributed by atoms with Gasteiger partial charge < -0.3 is 9.47 Å². The van der Waals surface area contributed by atoms with E-state index in [1.54, 1.807) is 17.0 Å². The largest absolute Gasteiger partial charge is 0.339 e. The summed E-state index contributed by atoms with van der Waals surface area (Å²) in [6.45, 7) is 3.73. The van der Waals surface area contributed by atoms with Gasteiger partial charge in [0.15, 0.2) is 0 Å². The zero-order chi connectivity index (χ0) is 32.2. The SMILES string of the molecule is Cc1nc2ccccc2n1[C@H]1C[C@H]2CC[C@@H](C1)N2CCC1(c2cccc(F)c2)CCN(C(=O)c2cc([N+](=O)[O-])c(F)cc2Cl)CC1. The highest BCUT2D eigenvalue weighted by molar-refractivity contribution is 6.34. The molecule has 7 rings (SSSR count). The van der Waals surface area contributed by atoms with E-state index < -0.39 is 22.3 Å². The maximum Gasteiger partial charge on any atom is 0.305 e. The Bertz CT molecular complexity index is 1810. The van der Waals surface area contributed by atoms with Crippen molar-refractivity contribution in [1.82, 2.24) is 19.4 Å². The molecule has 0 radical (unpaired) electrons. The van der Waals surface area contributed by atoms with Crippen molar-refractivity contribution < 1.29 is 18.5 Å². The molecule has 1 aromatic heterocycles. The van der Waals surface area contributed by atoms with Crippen LogP contribution in [0.25, 0.3) is 11.0 Å². The quantitative estimate of drug-likeness (QED) is 0.152. The molecule has 3 aliphatic heterocycles. The van der Waals surface area contributed by atoms with Crippen molar-refractivity contribution >= 4 is 34.2 Å². The number of hydrogen-bond acceptors (Lipinski definition) is 5. The molecule has 8 nitrogen and oxygen atoms in total. The minimum Gasteiger partial charge on any atom is -0.339 e. The monoisotopic (exact) mass is 647 g/mol. The smallest absolute Gasteiger partial charge is 0.305 e. The molecule has 3 saturated heterocycles. The molecular formula is C35H36ClF2N5O3. The minimum atomic E-state index is -1.08. The number of nitro benzene ring substituents is 1. The van der Waals surface area contributed by atoms with Gasteiger partial charge in [-0.3, -0.25) is 19.8 Å². The van der Waals surface area contributed by atoms with Gasteiger partial charge in [0, 0.05) is 43.3 Å². The molecule has 0 aliphatic carbocycles. The Morgan fingerprint density at radius 1 is 1.02 bits per heavy atom. The van der Waals surface area contributed by atoms with Gasteiger partial charge in [0.2, 0.25) is 5.82 Å². The Morgan fingerprint density at radius 3 is 2.43 bits per heavy atom. The van der Waals surface area contributed by atoms with Crippen LogP contribution in [0.2, 0.25) is 5.02 Å². The zero-order valence-electron chi connectivity index (χ0n) is 25.7. The molecule has 1 amide bonds. The summed E-state index contributed by atoms with van der Waals surface area (Å²) in [6.07, 6.45) is 6.49. The summed E-state index contributed by atoms with van der Waals surface area (Å²) in [5, 5.41) is 11.2. The fraction of sp³-hybridized carbons (Fsp3) is 0.429. The summed E-state index contributed by atoms with van der Waals surface area (Å²) in [6, 6.07) is 18.2. The number of likely N-dealkylation sites (tertiary alicyclic amines) is 1. The summed E-state index contributed by atoms with van der Waals surface area (Å²) < 4.78 is 31.1. The van der Waals surface area contributed by atoms with Gasteiger partial charge in [0.05, 0.1) is 26.5 Å². The fourth-order valence-corrected chi connectivity index (χ4v) is 8.67. The van der Waals surface area contributed by atoms with Crippen LogP contribution in [0, 0.1) is 28.7 Å². The maximum atomic E-state index is 14.6. The number of nitrogens with zero attached hydrogens (tertiary/aromatic N) is 5. The van der Waals surface area contributed by atoms with Crippen LogP contribution in [0.1, 0.15) is 72.7 Å². The lowest BCUT2D eigenvalue weighted by Crippen LogP contribution is -2.49. The number of hydrogen-bond donors (Lipinski definition) is 0. The Balaban J connectivity index is 1.08. The molecule has 3 aromatic carbocycles. The van der Waals surface area contributed by atoms with Gasteiger partial charge in [-0.25, -0.2) is 9.37 Å². The molecule has 4 heterocycles. The third kappa shape index (κ3) is 5.45. The predicted octanol–water partition coefficient (Wildman–Crippen LogP) is 7.62. The molecule has 11 heteroatoms. The number of aryl methyl sites for hydroxylation is 1. The van der Waals surface area contributed by atoms with Crippen LogP contribution in [0.3, 0.4) is 0 Å². The van der Waals surface area contributed by atoms with E-state index in [0.29, 0.717) is 44.1 Å². The van der Waals surface area contributed by atoms with E-state index in [1.807, 2.05) is 12.1 Å². The summed E-state index contributed by atoms with van der Waals surface area (Å²) in [7, 11) is 0. The predicted molar refractivity (Wildman–Crippen MR) is 172 cm³/mol. The van der Waals surface area contributed by atoms with E-state index in [1.165, 1.54) is 11.6 Å². The van der Waals surface area contributed by atoms with Crippen molar-refractivity contribution in [3.8, 4) is 0 Å². The first kappa shape index (κ1) is 30.7. The number of carbonyl (C=O) groups excluding carboxylic acids is 1. The first-order valence-corrected chi connectivity index (χ1v) is 16.4. The molecule has 3 fully saturated rings. The van der Waals surface area contributed by atoms with E-state index in [0.717, 1.165) is 67.7 Å². The molecule has 3 aliphatic rings. The summed E-state index contributed by atoms with van der Waals surface area (Å²) in [4.78, 5) is 33.0. The fourth-order valence-electron chi connectivity index (χ4n) is 8.44. The highest BCUT2D eigenvalue weighted by Crippen LogP contribution is 2.45. The number of imidazole rings is 1. The van der Waals surface area contributed by atoms with Gasteiger partial charge >= 0.3 is 5.69 Å². The number of benzene rings is 3. The molecule has 0 saturated carbocycles. The number of amides is 1.